The van der Waals surface area contributed by atoms with Crippen LogP contribution in [0.3, 0.4) is 0 Å². The summed E-state index contributed by atoms with van der Waals surface area (Å²) < 4.78 is 5.31. The first-order valence-corrected chi connectivity index (χ1v) is 10.6. The van der Waals surface area contributed by atoms with E-state index in [1.165, 1.54) is 0 Å². The molecule has 0 aliphatic heterocycles. The topological polar surface area (TPSA) is 95.6 Å². The predicted molar refractivity (Wildman–Crippen MR) is 128 cm³/mol. The summed E-state index contributed by atoms with van der Waals surface area (Å²) in [4.78, 5) is 28.6. The molecule has 3 aromatic carbocycles. The van der Waals surface area contributed by atoms with Gasteiger partial charge >= 0.3 is 6.09 Å². The monoisotopic (exact) mass is 440 g/mol. The van der Waals surface area contributed by atoms with Gasteiger partial charge in [-0.3, -0.25) is 4.79 Å². The lowest BCUT2D eigenvalue weighted by Gasteiger charge is -2.17. The summed E-state index contributed by atoms with van der Waals surface area (Å²) in [6, 6.07) is 25.7. The number of carbonyl (C=O) groups excluding carboxylic acids is 2. The molecule has 4 aromatic rings. The van der Waals surface area contributed by atoms with Crippen LogP contribution in [0, 0.1) is 0 Å². The summed E-state index contributed by atoms with van der Waals surface area (Å²) in [6.07, 6.45) is 2.99. The number of aromatic nitrogens is 1. The first kappa shape index (κ1) is 21.8. The molecule has 33 heavy (non-hydrogen) atoms. The average molecular weight is 441 g/mol. The highest BCUT2D eigenvalue weighted by molar-refractivity contribution is 5.89. The zero-order chi connectivity index (χ0) is 22.9. The molecule has 1 heterocycles. The number of para-hydroxylation sites is 1. The fourth-order valence-corrected chi connectivity index (χ4v) is 3.42. The van der Waals surface area contributed by atoms with Crippen molar-refractivity contribution >= 4 is 29.1 Å². The Morgan fingerprint density at radius 2 is 1.64 bits per heavy atom. The molecular formula is C26H24N4O3. The van der Waals surface area contributed by atoms with Crippen LogP contribution >= 0.6 is 0 Å². The smallest absolute Gasteiger partial charge is 0.408 e. The molecule has 2 amide bonds. The number of nitrogens with zero attached hydrogens (tertiary/aromatic N) is 1. The minimum Gasteiger partial charge on any atom is -0.445 e. The maximum atomic E-state index is 12.9. The minimum atomic E-state index is -0.875. The van der Waals surface area contributed by atoms with Gasteiger partial charge in [0.2, 0.25) is 0 Å². The van der Waals surface area contributed by atoms with E-state index < -0.39 is 18.0 Å². The third-order valence-corrected chi connectivity index (χ3v) is 5.11. The molecule has 0 aliphatic rings. The van der Waals surface area contributed by atoms with Crippen molar-refractivity contribution in [2.24, 2.45) is 5.10 Å². The number of amides is 2. The third kappa shape index (κ3) is 6.07. The number of ether oxygens (including phenoxy) is 1. The molecule has 1 atom stereocenters. The fourth-order valence-electron chi connectivity index (χ4n) is 3.42. The SMILES string of the molecule is O=C(NC(Cc1c[nH]c2ccccc12)C(=O)N/N=C/c1ccccc1)OCc1ccccc1. The zero-order valence-electron chi connectivity index (χ0n) is 17.9. The van der Waals surface area contributed by atoms with E-state index >= 15 is 0 Å². The van der Waals surface area contributed by atoms with Gasteiger partial charge in [0.1, 0.15) is 12.6 Å². The molecule has 0 saturated carbocycles. The lowest BCUT2D eigenvalue weighted by Crippen LogP contribution is -2.47. The van der Waals surface area contributed by atoms with Gasteiger partial charge < -0.3 is 15.0 Å². The van der Waals surface area contributed by atoms with Crippen LogP contribution in [-0.4, -0.2) is 29.2 Å². The van der Waals surface area contributed by atoms with E-state index in [9.17, 15) is 9.59 Å². The number of fused-ring (bicyclic) bond motifs is 1. The van der Waals surface area contributed by atoms with E-state index in [1.54, 1.807) is 6.21 Å². The second-order valence-electron chi connectivity index (χ2n) is 7.47. The van der Waals surface area contributed by atoms with Crippen molar-refractivity contribution in [1.82, 2.24) is 15.7 Å². The second-order valence-corrected chi connectivity index (χ2v) is 7.47. The molecule has 0 radical (unpaired) electrons. The van der Waals surface area contributed by atoms with Crippen molar-refractivity contribution in [3.05, 3.63) is 108 Å². The number of hydrazone groups is 1. The predicted octanol–water partition coefficient (Wildman–Crippen LogP) is 4.16. The molecule has 0 bridgehead atoms. The maximum Gasteiger partial charge on any atom is 0.408 e. The maximum absolute atomic E-state index is 12.9. The first-order valence-electron chi connectivity index (χ1n) is 10.6. The second kappa shape index (κ2) is 10.8. The lowest BCUT2D eigenvalue weighted by atomic mass is 10.0. The number of carbonyl (C=O) groups is 2. The van der Waals surface area contributed by atoms with E-state index in [1.807, 2.05) is 91.1 Å². The normalized spacial score (nSPS) is 11.9. The fraction of sp³-hybridized carbons (Fsp3) is 0.115. The summed E-state index contributed by atoms with van der Waals surface area (Å²) in [7, 11) is 0. The van der Waals surface area contributed by atoms with Crippen molar-refractivity contribution in [3.8, 4) is 0 Å². The van der Waals surface area contributed by atoms with Gasteiger partial charge in [0.15, 0.2) is 0 Å². The standard InChI is InChI=1S/C26H24N4O3/c31-25(30-28-16-19-9-3-1-4-10-19)24(15-21-17-27-23-14-8-7-13-22(21)23)29-26(32)33-18-20-11-5-2-6-12-20/h1-14,16-17,24,27H,15,18H2,(H,29,32)(H,30,31)/b28-16+. The van der Waals surface area contributed by atoms with Crippen molar-refractivity contribution in [2.75, 3.05) is 0 Å². The van der Waals surface area contributed by atoms with Gasteiger partial charge in [-0.15, -0.1) is 0 Å². The van der Waals surface area contributed by atoms with Crippen molar-refractivity contribution in [3.63, 3.8) is 0 Å². The lowest BCUT2D eigenvalue weighted by molar-refractivity contribution is -0.123. The summed E-state index contributed by atoms with van der Waals surface area (Å²) >= 11 is 0. The van der Waals surface area contributed by atoms with Crippen LogP contribution in [-0.2, 0) is 22.6 Å². The molecule has 3 N–H and O–H groups in total. The van der Waals surface area contributed by atoms with Crippen molar-refractivity contribution < 1.29 is 14.3 Å². The van der Waals surface area contributed by atoms with Crippen LogP contribution in [0.5, 0.6) is 0 Å². The van der Waals surface area contributed by atoms with E-state index in [4.69, 9.17) is 4.74 Å². The van der Waals surface area contributed by atoms with E-state index in [0.717, 1.165) is 27.6 Å². The van der Waals surface area contributed by atoms with Crippen LogP contribution in [0.4, 0.5) is 4.79 Å². The summed E-state index contributed by atoms with van der Waals surface area (Å²) in [5.74, 6) is -0.441. The van der Waals surface area contributed by atoms with Gasteiger partial charge in [0.25, 0.3) is 5.91 Å². The van der Waals surface area contributed by atoms with Crippen molar-refractivity contribution in [2.45, 2.75) is 19.1 Å². The zero-order valence-corrected chi connectivity index (χ0v) is 17.9. The largest absolute Gasteiger partial charge is 0.445 e. The Kier molecular flexibility index (Phi) is 7.12. The number of hydrogen-bond donors (Lipinski definition) is 3. The number of benzene rings is 3. The van der Waals surface area contributed by atoms with Crippen LogP contribution in [0.1, 0.15) is 16.7 Å². The highest BCUT2D eigenvalue weighted by Crippen LogP contribution is 2.19. The van der Waals surface area contributed by atoms with Gasteiger partial charge in [-0.1, -0.05) is 78.9 Å². The Bertz CT molecular complexity index is 1240. The Hall–Kier alpha value is -4.39. The molecule has 0 saturated heterocycles. The number of aromatic amines is 1. The number of hydrogen-bond acceptors (Lipinski definition) is 4. The molecule has 4 rings (SSSR count). The quantitative estimate of drug-likeness (QED) is 0.284. The molecule has 0 fully saturated rings. The van der Waals surface area contributed by atoms with E-state index in [-0.39, 0.29) is 13.0 Å². The van der Waals surface area contributed by atoms with Gasteiger partial charge in [-0.2, -0.15) is 5.10 Å². The molecule has 7 heteroatoms. The molecule has 1 unspecified atom stereocenters. The number of H-pyrrole nitrogens is 1. The van der Waals surface area contributed by atoms with Gasteiger partial charge in [-0.05, 0) is 22.8 Å². The highest BCUT2D eigenvalue weighted by Gasteiger charge is 2.23. The Morgan fingerprint density at radius 3 is 2.42 bits per heavy atom. The first-order chi connectivity index (χ1) is 16.2. The van der Waals surface area contributed by atoms with Gasteiger partial charge in [-0.25, -0.2) is 10.2 Å². The summed E-state index contributed by atoms with van der Waals surface area (Å²) in [6.45, 7) is 0.111. The Morgan fingerprint density at radius 1 is 0.939 bits per heavy atom. The minimum absolute atomic E-state index is 0.111. The number of nitrogens with one attached hydrogen (secondary N) is 3. The Labute approximate surface area is 191 Å². The van der Waals surface area contributed by atoms with E-state index in [0.29, 0.717) is 0 Å². The molecular weight excluding hydrogens is 416 g/mol. The van der Waals surface area contributed by atoms with Crippen LogP contribution in [0.25, 0.3) is 10.9 Å². The molecule has 166 valence electrons. The van der Waals surface area contributed by atoms with Gasteiger partial charge in [0.05, 0.1) is 6.21 Å². The molecule has 0 aliphatic carbocycles. The number of rotatable bonds is 8. The Balaban J connectivity index is 1.45. The van der Waals surface area contributed by atoms with Crippen molar-refractivity contribution in [1.29, 1.82) is 0 Å². The van der Waals surface area contributed by atoms with Crippen LogP contribution < -0.4 is 10.7 Å². The summed E-state index contributed by atoms with van der Waals surface area (Å²) in [5.41, 5.74) is 6.09. The van der Waals surface area contributed by atoms with Gasteiger partial charge in [0, 0.05) is 23.5 Å². The summed E-state index contributed by atoms with van der Waals surface area (Å²) in [5, 5.41) is 7.70. The number of alkyl carbamates (subject to hydrolysis) is 1. The molecule has 1 aromatic heterocycles. The van der Waals surface area contributed by atoms with Crippen LogP contribution in [0.2, 0.25) is 0 Å². The highest BCUT2D eigenvalue weighted by atomic mass is 16.5. The van der Waals surface area contributed by atoms with E-state index in [2.05, 4.69) is 20.8 Å². The van der Waals surface area contributed by atoms with Crippen LogP contribution in [0.15, 0.2) is 96.2 Å². The average Bonchev–Trinajstić information content (AvgIpc) is 3.26. The third-order valence-electron chi connectivity index (χ3n) is 5.11. The molecule has 0 spiro atoms. The molecule has 7 nitrogen and oxygen atoms in total.